The molecule has 1 aliphatic rings. The molecule has 0 aliphatic heterocycles. The fourth-order valence-corrected chi connectivity index (χ4v) is 3.83. The minimum Gasteiger partial charge on any atom is -0.513 e. The maximum absolute atomic E-state index is 12.9. The van der Waals surface area contributed by atoms with Crippen molar-refractivity contribution in [3.8, 4) is 11.5 Å². The Morgan fingerprint density at radius 3 is 2.04 bits per heavy atom. The van der Waals surface area contributed by atoms with Crippen LogP contribution in [-0.2, 0) is 0 Å². The summed E-state index contributed by atoms with van der Waals surface area (Å²) in [6.07, 6.45) is 0. The van der Waals surface area contributed by atoms with E-state index in [1.807, 2.05) is 31.4 Å². The van der Waals surface area contributed by atoms with Gasteiger partial charge in [-0.1, -0.05) is 26.4 Å². The SMILES string of the molecule is BC(B)(B)Oc1cc(Br)cc(O)c1C(=O)NC1(B)C(B)(B)C1(B)B. The van der Waals surface area contributed by atoms with Crippen LogP contribution in [0.2, 0.25) is 10.4 Å². The summed E-state index contributed by atoms with van der Waals surface area (Å²) in [5.74, 6) is -0.0480. The van der Waals surface area contributed by atoms with Gasteiger partial charge in [-0.3, -0.25) is 4.79 Å². The van der Waals surface area contributed by atoms with E-state index in [0.29, 0.717) is 10.2 Å². The van der Waals surface area contributed by atoms with Crippen LogP contribution in [0.1, 0.15) is 10.4 Å². The number of phenols is 1. The molecule has 1 aromatic carbocycles. The van der Waals surface area contributed by atoms with Crippen molar-refractivity contribution in [3.63, 3.8) is 0 Å². The van der Waals surface area contributed by atoms with E-state index < -0.39 is 5.30 Å². The van der Waals surface area contributed by atoms with Crippen LogP contribution >= 0.6 is 15.9 Å². The fraction of sp³-hybridized carbons (Fsp3) is 0.364. The van der Waals surface area contributed by atoms with Gasteiger partial charge in [-0.05, 0) is 17.6 Å². The third-order valence-electron chi connectivity index (χ3n) is 6.05. The smallest absolute Gasteiger partial charge is 0.258 e. The van der Waals surface area contributed by atoms with E-state index in [1.165, 1.54) is 6.07 Å². The number of benzene rings is 1. The van der Waals surface area contributed by atoms with E-state index in [0.717, 1.165) is 0 Å². The molecule has 4 nitrogen and oxygen atoms in total. The number of hydrogen-bond acceptors (Lipinski definition) is 3. The van der Waals surface area contributed by atoms with E-state index in [1.54, 1.807) is 6.07 Å². The van der Waals surface area contributed by atoms with Crippen molar-refractivity contribution in [2.24, 2.45) is 0 Å². The molecule has 1 aromatic rings. The average molecular weight is 381 g/mol. The quantitative estimate of drug-likeness (QED) is 0.511. The maximum atomic E-state index is 12.9. The lowest BCUT2D eigenvalue weighted by atomic mass is 9.49. The lowest BCUT2D eigenvalue weighted by Crippen LogP contribution is -2.43. The zero-order valence-corrected chi connectivity index (χ0v) is 17.4. The molecule has 118 valence electrons. The van der Waals surface area contributed by atoms with Gasteiger partial charge < -0.3 is 15.2 Å². The van der Waals surface area contributed by atoms with Crippen molar-refractivity contribution in [2.45, 2.75) is 21.2 Å². The number of carbonyl (C=O) groups excluding carboxylic acids is 1. The van der Waals surface area contributed by atoms with Gasteiger partial charge in [0.15, 0.2) is 0 Å². The zero-order chi connectivity index (χ0) is 18.7. The van der Waals surface area contributed by atoms with E-state index >= 15 is 0 Å². The summed E-state index contributed by atoms with van der Waals surface area (Å²) in [5, 5.41) is 12.9. The molecule has 2 rings (SSSR count). The van der Waals surface area contributed by atoms with Gasteiger partial charge in [0.1, 0.15) is 79.8 Å². The molecule has 1 aliphatic carbocycles. The molecule has 0 spiro atoms. The van der Waals surface area contributed by atoms with Gasteiger partial charge in [-0.2, -0.15) is 0 Å². The summed E-state index contributed by atoms with van der Waals surface area (Å²) >= 11 is 3.34. The standard InChI is InChI=1S/C11H20B8BrNO3/c12-8(13)9(14,15)10(8,16)21-7(23)6-4(22)1-3(20)2-5(6)24-11(17,18)19/h1-2,22H,12-19H2,(H,21,23). The summed E-state index contributed by atoms with van der Waals surface area (Å²) < 4.78 is 6.56. The second kappa shape index (κ2) is 5.65. The molecule has 1 amide bonds. The van der Waals surface area contributed by atoms with Crippen molar-refractivity contribution >= 4 is 84.6 Å². The maximum Gasteiger partial charge on any atom is 0.258 e. The molecule has 0 heterocycles. The third-order valence-corrected chi connectivity index (χ3v) is 6.51. The van der Waals surface area contributed by atoms with E-state index in [9.17, 15) is 9.90 Å². The van der Waals surface area contributed by atoms with Crippen LogP contribution in [0.3, 0.4) is 0 Å². The Kier molecular flexibility index (Phi) is 4.62. The highest BCUT2D eigenvalue weighted by atomic mass is 79.9. The molecule has 0 saturated heterocycles. The summed E-state index contributed by atoms with van der Waals surface area (Å²) in [5.41, 5.74) is -0.178. The van der Waals surface area contributed by atoms with Crippen molar-refractivity contribution in [1.82, 2.24) is 5.32 Å². The molecule has 2 N–H and O–H groups in total. The summed E-state index contributed by atoms with van der Waals surface area (Å²) in [7, 11) is 16.3. The van der Waals surface area contributed by atoms with Crippen LogP contribution in [0.25, 0.3) is 0 Å². The van der Waals surface area contributed by atoms with Crippen LogP contribution < -0.4 is 10.1 Å². The second-order valence-electron chi connectivity index (χ2n) is 8.84. The summed E-state index contributed by atoms with van der Waals surface area (Å²) in [6.45, 7) is 0. The van der Waals surface area contributed by atoms with Gasteiger partial charge in [-0.25, -0.2) is 0 Å². The van der Waals surface area contributed by atoms with Gasteiger partial charge in [-0.15, -0.1) is 0 Å². The molecule has 13 heteroatoms. The van der Waals surface area contributed by atoms with E-state index in [4.69, 9.17) is 4.74 Å². The lowest BCUT2D eigenvalue weighted by molar-refractivity contribution is 0.0937. The first kappa shape index (κ1) is 19.6. The molecule has 1 saturated carbocycles. The van der Waals surface area contributed by atoms with Gasteiger partial charge in [0.05, 0.1) is 0 Å². The lowest BCUT2D eigenvalue weighted by Gasteiger charge is -2.26. The Morgan fingerprint density at radius 1 is 1.12 bits per heavy atom. The number of carbonyl (C=O) groups is 1. The Morgan fingerprint density at radius 2 is 1.62 bits per heavy atom. The number of ether oxygens (including phenoxy) is 1. The molecule has 0 radical (unpaired) electrons. The topological polar surface area (TPSA) is 58.6 Å². The van der Waals surface area contributed by atoms with Gasteiger partial charge in [0.2, 0.25) is 0 Å². The summed E-state index contributed by atoms with van der Waals surface area (Å²) in [6, 6.07) is 3.22. The minimum atomic E-state index is -0.482. The first-order valence-corrected chi connectivity index (χ1v) is 8.97. The van der Waals surface area contributed by atoms with Crippen molar-refractivity contribution in [2.75, 3.05) is 0 Å². The molecular formula is C11H20B8BrNO3. The van der Waals surface area contributed by atoms with E-state index in [2.05, 4.69) is 52.6 Å². The monoisotopic (exact) mass is 381 g/mol. The molecule has 0 aromatic heterocycles. The van der Waals surface area contributed by atoms with Gasteiger partial charge >= 0.3 is 0 Å². The predicted molar refractivity (Wildman–Crippen MR) is 123 cm³/mol. The number of amides is 1. The van der Waals surface area contributed by atoms with Gasteiger partial charge in [0.25, 0.3) is 5.91 Å². The van der Waals surface area contributed by atoms with Crippen LogP contribution in [0, 0.1) is 0 Å². The molecule has 0 unspecified atom stereocenters. The first-order valence-electron chi connectivity index (χ1n) is 8.18. The third kappa shape index (κ3) is 2.97. The van der Waals surface area contributed by atoms with Crippen molar-refractivity contribution in [3.05, 3.63) is 22.2 Å². The molecule has 0 bridgehead atoms. The number of aromatic hydroxyl groups is 1. The van der Waals surface area contributed by atoms with Gasteiger partial charge in [0, 0.05) is 9.77 Å². The summed E-state index contributed by atoms with van der Waals surface area (Å²) in [4.78, 5) is 12.9. The largest absolute Gasteiger partial charge is 0.513 e. The molecule has 24 heavy (non-hydrogen) atoms. The second-order valence-corrected chi connectivity index (χ2v) is 9.76. The predicted octanol–water partition coefficient (Wildman–Crippen LogP) is -6.12. The normalized spacial score (nSPS) is 20.0. The molecule has 1 fully saturated rings. The van der Waals surface area contributed by atoms with Crippen LogP contribution in [0.4, 0.5) is 0 Å². The Balaban J connectivity index is 2.40. The van der Waals surface area contributed by atoms with Crippen molar-refractivity contribution < 1.29 is 14.6 Å². The Labute approximate surface area is 159 Å². The minimum absolute atomic E-state index is 0.0360. The number of halogens is 1. The number of hydrogen-bond donors (Lipinski definition) is 2. The van der Waals surface area contributed by atoms with Crippen LogP contribution in [-0.4, -0.2) is 84.5 Å². The first-order chi connectivity index (χ1) is 10.6. The highest BCUT2D eigenvalue weighted by molar-refractivity contribution is 9.10. The van der Waals surface area contributed by atoms with E-state index in [-0.39, 0.29) is 33.1 Å². The zero-order valence-electron chi connectivity index (χ0n) is 15.8. The van der Waals surface area contributed by atoms with Crippen LogP contribution in [0.5, 0.6) is 11.5 Å². The highest BCUT2D eigenvalue weighted by Gasteiger charge is 2.72. The highest BCUT2D eigenvalue weighted by Crippen LogP contribution is 2.74. The average Bonchev–Trinajstić information content (AvgIpc) is 2.62. The Hall–Kier alpha value is -0.711. The Bertz CT molecular complexity index is 691. The molecule has 0 atom stereocenters. The number of rotatable bonds is 4. The molecular weight excluding hydrogens is 361 g/mol. The fourth-order valence-electron chi connectivity index (χ4n) is 3.40. The van der Waals surface area contributed by atoms with Crippen molar-refractivity contribution in [1.29, 1.82) is 0 Å². The number of phenolic OH excluding ortho intramolecular Hbond substituents is 1. The van der Waals surface area contributed by atoms with Crippen LogP contribution in [0.15, 0.2) is 16.6 Å². The number of nitrogens with one attached hydrogen (secondary N) is 1.